The standard InChI is InChI=1S/C22H25F3N6S/c1-30-20(19-15-26-8-9-27-19)28-29-21(30)32-13-3-10-31-11-6-16(7-12-31)17-4-2-5-18(14-17)22(23,24)25/h2,4-5,8-9,14-16H,3,6-7,10-13H2,1H3. The minimum absolute atomic E-state index is 0.195. The first-order valence-corrected chi connectivity index (χ1v) is 11.6. The van der Waals surface area contributed by atoms with Gasteiger partial charge in [0.15, 0.2) is 11.0 Å². The number of hydrogen-bond donors (Lipinski definition) is 0. The van der Waals surface area contributed by atoms with Crippen molar-refractivity contribution in [3.8, 4) is 11.5 Å². The Bertz CT molecular complexity index is 1020. The fraction of sp³-hybridized carbons (Fsp3) is 0.455. The van der Waals surface area contributed by atoms with Crippen LogP contribution in [0.25, 0.3) is 11.5 Å². The van der Waals surface area contributed by atoms with Gasteiger partial charge >= 0.3 is 6.18 Å². The number of thioether (sulfide) groups is 1. The van der Waals surface area contributed by atoms with Crippen molar-refractivity contribution >= 4 is 11.8 Å². The summed E-state index contributed by atoms with van der Waals surface area (Å²) in [6, 6.07) is 5.79. The lowest BCUT2D eigenvalue weighted by atomic mass is 9.88. The van der Waals surface area contributed by atoms with Gasteiger partial charge in [0.05, 0.1) is 11.8 Å². The predicted molar refractivity (Wildman–Crippen MR) is 117 cm³/mol. The Morgan fingerprint density at radius 2 is 1.94 bits per heavy atom. The number of rotatable bonds is 7. The van der Waals surface area contributed by atoms with Crippen molar-refractivity contribution in [3.05, 3.63) is 54.0 Å². The number of benzene rings is 1. The molecule has 170 valence electrons. The van der Waals surface area contributed by atoms with Crippen LogP contribution < -0.4 is 0 Å². The summed E-state index contributed by atoms with van der Waals surface area (Å²) in [6.07, 6.45) is 3.42. The number of piperidine rings is 1. The lowest BCUT2D eigenvalue weighted by Crippen LogP contribution is -2.34. The van der Waals surface area contributed by atoms with Crippen molar-refractivity contribution in [1.82, 2.24) is 29.6 Å². The molecule has 32 heavy (non-hydrogen) atoms. The molecule has 0 bridgehead atoms. The Balaban J connectivity index is 1.22. The SMILES string of the molecule is Cn1c(SCCCN2CCC(c3cccc(C(F)(F)F)c3)CC2)nnc1-c1cnccn1. The van der Waals surface area contributed by atoms with E-state index in [9.17, 15) is 13.2 Å². The highest BCUT2D eigenvalue weighted by atomic mass is 32.2. The molecule has 0 amide bonds. The first kappa shape index (κ1) is 22.7. The van der Waals surface area contributed by atoms with Crippen molar-refractivity contribution in [3.63, 3.8) is 0 Å². The number of aromatic nitrogens is 5. The fourth-order valence-corrected chi connectivity index (χ4v) is 4.82. The third-order valence-electron chi connectivity index (χ3n) is 5.75. The van der Waals surface area contributed by atoms with Gasteiger partial charge < -0.3 is 9.47 Å². The molecule has 1 saturated heterocycles. The Morgan fingerprint density at radius 3 is 2.66 bits per heavy atom. The van der Waals surface area contributed by atoms with E-state index in [0.29, 0.717) is 11.5 Å². The molecule has 1 aromatic carbocycles. The lowest BCUT2D eigenvalue weighted by molar-refractivity contribution is -0.137. The minimum Gasteiger partial charge on any atom is -0.304 e. The van der Waals surface area contributed by atoms with E-state index in [0.717, 1.165) is 61.4 Å². The molecule has 0 spiro atoms. The number of alkyl halides is 3. The van der Waals surface area contributed by atoms with Gasteiger partial charge in [0.2, 0.25) is 0 Å². The highest BCUT2D eigenvalue weighted by Gasteiger charge is 2.31. The van der Waals surface area contributed by atoms with E-state index >= 15 is 0 Å². The first-order chi connectivity index (χ1) is 15.4. The second-order valence-corrected chi connectivity index (χ2v) is 8.96. The third-order valence-corrected chi connectivity index (χ3v) is 6.86. The molecule has 0 radical (unpaired) electrons. The topological polar surface area (TPSA) is 59.7 Å². The normalized spacial score (nSPS) is 15.9. The van der Waals surface area contributed by atoms with E-state index in [1.54, 1.807) is 30.4 Å². The largest absolute Gasteiger partial charge is 0.416 e. The van der Waals surface area contributed by atoms with Crippen LogP contribution in [0.1, 0.15) is 36.3 Å². The van der Waals surface area contributed by atoms with Crippen LogP contribution in [-0.4, -0.2) is 55.0 Å². The van der Waals surface area contributed by atoms with E-state index in [1.165, 1.54) is 12.1 Å². The minimum atomic E-state index is -4.29. The Morgan fingerprint density at radius 1 is 1.12 bits per heavy atom. The maximum Gasteiger partial charge on any atom is 0.416 e. The molecule has 0 atom stereocenters. The summed E-state index contributed by atoms with van der Waals surface area (Å²) in [5.41, 5.74) is 0.940. The number of halogens is 3. The van der Waals surface area contributed by atoms with Crippen molar-refractivity contribution in [2.24, 2.45) is 7.05 Å². The van der Waals surface area contributed by atoms with Gasteiger partial charge in [0, 0.05) is 25.2 Å². The molecule has 10 heteroatoms. The molecule has 6 nitrogen and oxygen atoms in total. The first-order valence-electron chi connectivity index (χ1n) is 10.6. The van der Waals surface area contributed by atoms with Crippen LogP contribution in [0, 0.1) is 0 Å². The lowest BCUT2D eigenvalue weighted by Gasteiger charge is -2.32. The highest BCUT2D eigenvalue weighted by Crippen LogP contribution is 2.34. The number of hydrogen-bond acceptors (Lipinski definition) is 6. The summed E-state index contributed by atoms with van der Waals surface area (Å²) in [4.78, 5) is 10.7. The summed E-state index contributed by atoms with van der Waals surface area (Å²) in [5, 5.41) is 9.32. The van der Waals surface area contributed by atoms with Gasteiger partial charge in [-0.2, -0.15) is 13.2 Å². The Labute approximate surface area is 189 Å². The quantitative estimate of drug-likeness (QED) is 0.376. The van der Waals surface area contributed by atoms with Crippen LogP contribution in [0.15, 0.2) is 48.0 Å². The second kappa shape index (κ2) is 9.99. The molecule has 1 aliphatic rings. The Hall–Kier alpha value is -2.46. The molecule has 3 aromatic rings. The summed E-state index contributed by atoms with van der Waals surface area (Å²) in [5.74, 6) is 1.80. The van der Waals surface area contributed by atoms with Gasteiger partial charge in [0.1, 0.15) is 5.69 Å². The average Bonchev–Trinajstić information content (AvgIpc) is 3.17. The van der Waals surface area contributed by atoms with Gasteiger partial charge in [-0.3, -0.25) is 4.98 Å². The van der Waals surface area contributed by atoms with Gasteiger partial charge in [0.25, 0.3) is 0 Å². The highest BCUT2D eigenvalue weighted by molar-refractivity contribution is 7.99. The van der Waals surface area contributed by atoms with E-state index < -0.39 is 11.7 Å². The summed E-state index contributed by atoms with van der Waals surface area (Å²) in [6.45, 7) is 2.79. The van der Waals surface area contributed by atoms with Crippen molar-refractivity contribution < 1.29 is 13.2 Å². The zero-order valence-corrected chi connectivity index (χ0v) is 18.6. The van der Waals surface area contributed by atoms with Crippen LogP contribution in [-0.2, 0) is 13.2 Å². The van der Waals surface area contributed by atoms with Crippen molar-refractivity contribution in [1.29, 1.82) is 0 Å². The predicted octanol–water partition coefficient (Wildman–Crippen LogP) is 4.65. The summed E-state index contributed by atoms with van der Waals surface area (Å²) >= 11 is 1.66. The molecule has 4 rings (SSSR count). The zero-order valence-electron chi connectivity index (χ0n) is 17.8. The third kappa shape index (κ3) is 5.47. The van der Waals surface area contributed by atoms with E-state index in [2.05, 4.69) is 25.1 Å². The van der Waals surface area contributed by atoms with Crippen LogP contribution >= 0.6 is 11.8 Å². The molecule has 2 aromatic heterocycles. The van der Waals surface area contributed by atoms with Crippen LogP contribution in [0.2, 0.25) is 0 Å². The van der Waals surface area contributed by atoms with Gasteiger partial charge in [-0.25, -0.2) is 4.98 Å². The van der Waals surface area contributed by atoms with Gasteiger partial charge in [-0.05, 0) is 56.4 Å². The molecular formula is C22H25F3N6S. The summed E-state index contributed by atoms with van der Waals surface area (Å²) < 4.78 is 40.9. The van der Waals surface area contributed by atoms with Crippen molar-refractivity contribution in [2.45, 2.75) is 36.5 Å². The molecular weight excluding hydrogens is 437 g/mol. The smallest absolute Gasteiger partial charge is 0.304 e. The van der Waals surface area contributed by atoms with Crippen LogP contribution in [0.5, 0.6) is 0 Å². The fourth-order valence-electron chi connectivity index (χ4n) is 3.99. The molecule has 3 heterocycles. The van der Waals surface area contributed by atoms with Crippen LogP contribution in [0.4, 0.5) is 13.2 Å². The van der Waals surface area contributed by atoms with E-state index in [4.69, 9.17) is 0 Å². The molecule has 1 fully saturated rings. The van der Waals surface area contributed by atoms with E-state index in [-0.39, 0.29) is 5.92 Å². The molecule has 1 aliphatic heterocycles. The van der Waals surface area contributed by atoms with Crippen molar-refractivity contribution in [2.75, 3.05) is 25.4 Å². The van der Waals surface area contributed by atoms with Gasteiger partial charge in [-0.1, -0.05) is 30.0 Å². The average molecular weight is 463 g/mol. The van der Waals surface area contributed by atoms with Crippen LogP contribution in [0.3, 0.4) is 0 Å². The molecule has 0 aliphatic carbocycles. The summed E-state index contributed by atoms with van der Waals surface area (Å²) in [7, 11) is 1.92. The zero-order chi connectivity index (χ0) is 22.6. The second-order valence-electron chi connectivity index (χ2n) is 7.90. The molecule has 0 unspecified atom stereocenters. The Kier molecular flexibility index (Phi) is 7.10. The molecule has 0 saturated carbocycles. The molecule has 0 N–H and O–H groups in total. The maximum absolute atomic E-state index is 13.0. The maximum atomic E-state index is 13.0. The monoisotopic (exact) mass is 462 g/mol. The van der Waals surface area contributed by atoms with E-state index in [1.807, 2.05) is 17.7 Å². The van der Waals surface area contributed by atoms with Gasteiger partial charge in [-0.15, -0.1) is 10.2 Å². The number of nitrogens with zero attached hydrogens (tertiary/aromatic N) is 6. The number of likely N-dealkylation sites (tertiary alicyclic amines) is 1.